The van der Waals surface area contributed by atoms with Crippen LogP contribution in [0, 0.1) is 0 Å². The molecule has 0 radical (unpaired) electrons. The Morgan fingerprint density at radius 2 is 1.60 bits per heavy atom. The molecular formula is C19H26Cl2N2O2. The standard InChI is InChI=1S/C19H24N2O2.2ClH/c1-2-6-18(7-3-1)23-19-8-4-5-17(15-19)16-22-14-13-21-11-9-20-10-12-21;;/h1-8,15,20H,9-14,16H2;2*1H. The predicted molar refractivity (Wildman–Crippen MR) is 106 cm³/mol. The van der Waals surface area contributed by atoms with Gasteiger partial charge in [0.1, 0.15) is 11.5 Å². The normalized spacial score (nSPS) is 14.2. The van der Waals surface area contributed by atoms with Gasteiger partial charge in [-0.05, 0) is 29.8 Å². The van der Waals surface area contributed by atoms with Crippen LogP contribution in [0.25, 0.3) is 0 Å². The van der Waals surface area contributed by atoms with E-state index < -0.39 is 0 Å². The Hall–Kier alpha value is -1.30. The van der Waals surface area contributed by atoms with Gasteiger partial charge in [-0.3, -0.25) is 4.90 Å². The maximum absolute atomic E-state index is 5.85. The summed E-state index contributed by atoms with van der Waals surface area (Å²) in [5, 5.41) is 3.36. The highest BCUT2D eigenvalue weighted by molar-refractivity contribution is 5.85. The molecule has 0 bridgehead atoms. The van der Waals surface area contributed by atoms with Crippen molar-refractivity contribution < 1.29 is 9.47 Å². The van der Waals surface area contributed by atoms with Crippen LogP contribution in [0.4, 0.5) is 0 Å². The Morgan fingerprint density at radius 1 is 0.880 bits per heavy atom. The van der Waals surface area contributed by atoms with Gasteiger partial charge in [0, 0.05) is 32.7 Å². The van der Waals surface area contributed by atoms with E-state index in [2.05, 4.69) is 16.3 Å². The second-order valence-corrected chi connectivity index (χ2v) is 5.71. The molecule has 138 valence electrons. The number of benzene rings is 2. The largest absolute Gasteiger partial charge is 0.457 e. The van der Waals surface area contributed by atoms with Gasteiger partial charge in [-0.25, -0.2) is 0 Å². The van der Waals surface area contributed by atoms with Gasteiger partial charge in [0.05, 0.1) is 13.2 Å². The molecule has 1 fully saturated rings. The third-order valence-corrected chi connectivity index (χ3v) is 3.91. The average Bonchev–Trinajstić information content (AvgIpc) is 2.61. The van der Waals surface area contributed by atoms with Gasteiger partial charge < -0.3 is 14.8 Å². The van der Waals surface area contributed by atoms with E-state index in [1.54, 1.807) is 0 Å². The molecule has 2 aromatic carbocycles. The Labute approximate surface area is 162 Å². The first-order valence-electron chi connectivity index (χ1n) is 8.23. The number of para-hydroxylation sites is 1. The molecule has 25 heavy (non-hydrogen) atoms. The first-order valence-corrected chi connectivity index (χ1v) is 8.23. The first-order chi connectivity index (χ1) is 11.4. The highest BCUT2D eigenvalue weighted by atomic mass is 35.5. The van der Waals surface area contributed by atoms with Crippen molar-refractivity contribution in [1.82, 2.24) is 10.2 Å². The van der Waals surface area contributed by atoms with Crippen LogP contribution in [0.3, 0.4) is 0 Å². The van der Waals surface area contributed by atoms with Crippen LogP contribution < -0.4 is 10.1 Å². The van der Waals surface area contributed by atoms with E-state index in [4.69, 9.17) is 9.47 Å². The minimum absolute atomic E-state index is 0. The summed E-state index contributed by atoms with van der Waals surface area (Å²) < 4.78 is 11.7. The molecular weight excluding hydrogens is 359 g/mol. The van der Waals surface area contributed by atoms with Crippen LogP contribution in [0.2, 0.25) is 0 Å². The lowest BCUT2D eigenvalue weighted by Gasteiger charge is -2.26. The fraction of sp³-hybridized carbons (Fsp3) is 0.368. The van der Waals surface area contributed by atoms with E-state index in [0.29, 0.717) is 6.61 Å². The molecule has 1 aliphatic rings. The lowest BCUT2D eigenvalue weighted by Crippen LogP contribution is -2.44. The molecule has 1 heterocycles. The predicted octanol–water partition coefficient (Wildman–Crippen LogP) is 3.74. The van der Waals surface area contributed by atoms with Crippen LogP contribution in [0.15, 0.2) is 54.6 Å². The molecule has 3 rings (SSSR count). The number of hydrogen-bond donors (Lipinski definition) is 1. The summed E-state index contributed by atoms with van der Waals surface area (Å²) in [5.74, 6) is 1.70. The summed E-state index contributed by atoms with van der Waals surface area (Å²) in [7, 11) is 0. The summed E-state index contributed by atoms with van der Waals surface area (Å²) in [4.78, 5) is 2.44. The van der Waals surface area contributed by atoms with E-state index in [0.717, 1.165) is 56.4 Å². The van der Waals surface area contributed by atoms with Crippen molar-refractivity contribution in [3.63, 3.8) is 0 Å². The third kappa shape index (κ3) is 7.63. The number of piperazine rings is 1. The maximum Gasteiger partial charge on any atom is 0.127 e. The lowest BCUT2D eigenvalue weighted by atomic mass is 10.2. The maximum atomic E-state index is 5.85. The molecule has 1 N–H and O–H groups in total. The Morgan fingerprint density at radius 3 is 2.36 bits per heavy atom. The molecule has 0 spiro atoms. The van der Waals surface area contributed by atoms with Crippen LogP contribution in [0.5, 0.6) is 11.5 Å². The van der Waals surface area contributed by atoms with Crippen molar-refractivity contribution in [3.05, 3.63) is 60.2 Å². The van der Waals surface area contributed by atoms with Gasteiger partial charge >= 0.3 is 0 Å². The van der Waals surface area contributed by atoms with Crippen molar-refractivity contribution in [2.75, 3.05) is 39.3 Å². The van der Waals surface area contributed by atoms with Gasteiger partial charge in [-0.15, -0.1) is 24.8 Å². The first kappa shape index (κ1) is 21.7. The molecule has 4 nitrogen and oxygen atoms in total. The summed E-state index contributed by atoms with van der Waals surface area (Å²) >= 11 is 0. The SMILES string of the molecule is Cl.Cl.c1ccc(Oc2cccc(COCCN3CCNCC3)c2)cc1. The van der Waals surface area contributed by atoms with Crippen LogP contribution in [-0.2, 0) is 11.3 Å². The van der Waals surface area contributed by atoms with Crippen LogP contribution >= 0.6 is 24.8 Å². The highest BCUT2D eigenvalue weighted by Crippen LogP contribution is 2.22. The summed E-state index contributed by atoms with van der Waals surface area (Å²) in [6.45, 7) is 6.79. The molecule has 0 aromatic heterocycles. The Kier molecular flexibility index (Phi) is 10.5. The molecule has 0 unspecified atom stereocenters. The fourth-order valence-electron chi connectivity index (χ4n) is 2.64. The van der Waals surface area contributed by atoms with Crippen molar-refractivity contribution in [2.45, 2.75) is 6.61 Å². The molecule has 0 atom stereocenters. The number of nitrogens with one attached hydrogen (secondary N) is 1. The second kappa shape index (κ2) is 12.1. The van der Waals surface area contributed by atoms with Crippen molar-refractivity contribution in [3.8, 4) is 11.5 Å². The number of nitrogens with zero attached hydrogens (tertiary/aromatic N) is 1. The van der Waals surface area contributed by atoms with E-state index >= 15 is 0 Å². The van der Waals surface area contributed by atoms with Crippen LogP contribution in [-0.4, -0.2) is 44.2 Å². The fourth-order valence-corrected chi connectivity index (χ4v) is 2.64. The van der Waals surface area contributed by atoms with Crippen molar-refractivity contribution >= 4 is 24.8 Å². The summed E-state index contributed by atoms with van der Waals surface area (Å²) in [6, 6.07) is 17.9. The third-order valence-electron chi connectivity index (χ3n) is 3.91. The molecule has 6 heteroatoms. The quantitative estimate of drug-likeness (QED) is 0.737. The van der Waals surface area contributed by atoms with Gasteiger partial charge in [0.25, 0.3) is 0 Å². The van der Waals surface area contributed by atoms with E-state index in [9.17, 15) is 0 Å². The van der Waals surface area contributed by atoms with Gasteiger partial charge in [0.2, 0.25) is 0 Å². The van der Waals surface area contributed by atoms with Crippen molar-refractivity contribution in [1.29, 1.82) is 0 Å². The average molecular weight is 385 g/mol. The monoisotopic (exact) mass is 384 g/mol. The molecule has 1 saturated heterocycles. The zero-order chi connectivity index (χ0) is 15.7. The molecule has 0 amide bonds. The zero-order valence-corrected chi connectivity index (χ0v) is 15.9. The van der Waals surface area contributed by atoms with Gasteiger partial charge in [0.15, 0.2) is 0 Å². The number of ether oxygens (including phenoxy) is 2. The highest BCUT2D eigenvalue weighted by Gasteiger charge is 2.08. The molecule has 2 aromatic rings. The number of rotatable bonds is 7. The second-order valence-electron chi connectivity index (χ2n) is 5.71. The summed E-state index contributed by atoms with van der Waals surface area (Å²) in [5.41, 5.74) is 1.14. The molecule has 0 aliphatic carbocycles. The Bertz CT molecular complexity index is 593. The zero-order valence-electron chi connectivity index (χ0n) is 14.2. The van der Waals surface area contributed by atoms with E-state index in [1.165, 1.54) is 0 Å². The van der Waals surface area contributed by atoms with Gasteiger partial charge in [-0.1, -0.05) is 30.3 Å². The number of halogens is 2. The van der Waals surface area contributed by atoms with E-state index in [1.807, 2.05) is 48.5 Å². The van der Waals surface area contributed by atoms with Gasteiger partial charge in [-0.2, -0.15) is 0 Å². The van der Waals surface area contributed by atoms with E-state index in [-0.39, 0.29) is 24.8 Å². The summed E-state index contributed by atoms with van der Waals surface area (Å²) in [6.07, 6.45) is 0. The minimum Gasteiger partial charge on any atom is -0.457 e. The molecule has 0 saturated carbocycles. The number of hydrogen-bond acceptors (Lipinski definition) is 4. The Balaban J connectivity index is 0.00000156. The van der Waals surface area contributed by atoms with Crippen molar-refractivity contribution in [2.24, 2.45) is 0 Å². The van der Waals surface area contributed by atoms with Crippen LogP contribution in [0.1, 0.15) is 5.56 Å². The lowest BCUT2D eigenvalue weighted by molar-refractivity contribution is 0.0885. The molecule has 1 aliphatic heterocycles. The topological polar surface area (TPSA) is 33.7 Å². The minimum atomic E-state index is 0. The smallest absolute Gasteiger partial charge is 0.127 e.